The molecule has 4 rings (SSSR count). The molecule has 0 aromatic heterocycles. The van der Waals surface area contributed by atoms with Crippen molar-refractivity contribution >= 4 is 39.0 Å². The summed E-state index contributed by atoms with van der Waals surface area (Å²) in [6.45, 7) is 0.0271. The number of carboxylic acid groups (broad SMARTS) is 1. The zero-order valence-electron chi connectivity index (χ0n) is 14.9. The molecule has 3 aromatic carbocycles. The molecule has 0 aliphatic carbocycles. The number of amides is 1. The second kappa shape index (κ2) is 7.02. The number of aromatic carboxylic acids is 1. The Hall–Kier alpha value is -3.16. The van der Waals surface area contributed by atoms with Gasteiger partial charge in [-0.2, -0.15) is 0 Å². The van der Waals surface area contributed by atoms with Gasteiger partial charge in [0, 0.05) is 5.02 Å². The maximum atomic E-state index is 13.3. The Labute approximate surface area is 171 Å². The first kappa shape index (κ1) is 19.2. The van der Waals surface area contributed by atoms with Gasteiger partial charge in [0.1, 0.15) is 0 Å². The molecule has 0 radical (unpaired) electrons. The Balaban J connectivity index is 2.00. The van der Waals surface area contributed by atoms with Crippen LogP contribution in [0.3, 0.4) is 0 Å². The van der Waals surface area contributed by atoms with Crippen LogP contribution < -0.4 is 4.90 Å². The number of anilines is 1. The van der Waals surface area contributed by atoms with Gasteiger partial charge in [-0.1, -0.05) is 35.9 Å². The molecule has 146 valence electrons. The summed E-state index contributed by atoms with van der Waals surface area (Å²) < 4.78 is 26.5. The first-order valence-corrected chi connectivity index (χ1v) is 10.4. The number of hydrogen-bond donors (Lipinski definition) is 1. The molecule has 0 bridgehead atoms. The standard InChI is InChI=1S/C21H14ClNO5S/c22-15-5-3-4-13(10-15)12-23-17-11-14(21(25)26)8-9-19(17)29(27,28)18-7-2-1-6-16(18)20(23)24/h1-11H,12H2,(H,25,26). The van der Waals surface area contributed by atoms with Gasteiger partial charge in [0.05, 0.1) is 33.2 Å². The molecule has 0 unspecified atom stereocenters. The molecule has 0 spiro atoms. The maximum Gasteiger partial charge on any atom is 0.335 e. The fourth-order valence-electron chi connectivity index (χ4n) is 3.31. The molecular formula is C21H14ClNO5S. The van der Waals surface area contributed by atoms with Gasteiger partial charge in [0.2, 0.25) is 9.84 Å². The lowest BCUT2D eigenvalue weighted by atomic mass is 10.1. The lowest BCUT2D eigenvalue weighted by molar-refractivity contribution is 0.0696. The number of carbonyl (C=O) groups excluding carboxylic acids is 1. The van der Waals surface area contributed by atoms with Crippen LogP contribution in [-0.2, 0) is 16.4 Å². The number of nitrogens with zero attached hydrogens (tertiary/aromatic N) is 1. The van der Waals surface area contributed by atoms with Gasteiger partial charge in [-0.05, 0) is 48.0 Å². The molecule has 1 heterocycles. The molecule has 0 fully saturated rings. The van der Waals surface area contributed by atoms with E-state index in [9.17, 15) is 23.1 Å². The summed E-state index contributed by atoms with van der Waals surface area (Å²) >= 11 is 6.05. The summed E-state index contributed by atoms with van der Waals surface area (Å²) in [5.74, 6) is -1.76. The van der Waals surface area contributed by atoms with E-state index in [4.69, 9.17) is 11.6 Å². The molecule has 1 N–H and O–H groups in total. The van der Waals surface area contributed by atoms with Crippen molar-refractivity contribution in [3.63, 3.8) is 0 Å². The molecule has 1 amide bonds. The van der Waals surface area contributed by atoms with Gasteiger partial charge >= 0.3 is 5.97 Å². The molecule has 1 aliphatic rings. The third-order valence-corrected chi connectivity index (χ3v) is 6.76. The van der Waals surface area contributed by atoms with Gasteiger partial charge in [-0.15, -0.1) is 0 Å². The minimum Gasteiger partial charge on any atom is -0.478 e. The van der Waals surface area contributed by atoms with E-state index in [1.165, 1.54) is 35.2 Å². The van der Waals surface area contributed by atoms with Crippen molar-refractivity contribution < 1.29 is 23.1 Å². The summed E-state index contributed by atoms with van der Waals surface area (Å²) in [7, 11) is -4.03. The second-order valence-electron chi connectivity index (χ2n) is 6.51. The van der Waals surface area contributed by atoms with Crippen molar-refractivity contribution in [2.45, 2.75) is 16.3 Å². The van der Waals surface area contributed by atoms with Crippen LogP contribution in [0.25, 0.3) is 0 Å². The Morgan fingerprint density at radius 3 is 2.45 bits per heavy atom. The monoisotopic (exact) mass is 427 g/mol. The lowest BCUT2D eigenvalue weighted by Gasteiger charge is -2.23. The summed E-state index contributed by atoms with van der Waals surface area (Å²) in [5.41, 5.74) is 0.608. The van der Waals surface area contributed by atoms with Crippen LogP contribution in [0.1, 0.15) is 26.3 Å². The predicted molar refractivity (Wildman–Crippen MR) is 107 cm³/mol. The van der Waals surface area contributed by atoms with Crippen molar-refractivity contribution in [1.29, 1.82) is 0 Å². The quantitative estimate of drug-likeness (QED) is 0.681. The Morgan fingerprint density at radius 1 is 0.966 bits per heavy atom. The van der Waals surface area contributed by atoms with Gasteiger partial charge < -0.3 is 10.0 Å². The van der Waals surface area contributed by atoms with Gasteiger partial charge in [0.15, 0.2) is 0 Å². The van der Waals surface area contributed by atoms with Crippen molar-refractivity contribution in [3.05, 3.63) is 88.4 Å². The zero-order chi connectivity index (χ0) is 20.8. The SMILES string of the molecule is O=C(O)c1ccc2c(c1)N(Cc1cccc(Cl)c1)C(=O)c1ccccc1S2(=O)=O. The van der Waals surface area contributed by atoms with E-state index in [2.05, 4.69) is 0 Å². The normalized spacial score (nSPS) is 14.7. The lowest BCUT2D eigenvalue weighted by Crippen LogP contribution is -2.30. The highest BCUT2D eigenvalue weighted by Crippen LogP contribution is 2.38. The fraction of sp³-hybridized carbons (Fsp3) is 0.0476. The van der Waals surface area contributed by atoms with E-state index in [0.29, 0.717) is 10.6 Å². The van der Waals surface area contributed by atoms with Crippen LogP contribution in [0, 0.1) is 0 Å². The summed E-state index contributed by atoms with van der Waals surface area (Å²) in [5, 5.41) is 9.84. The molecule has 0 atom stereocenters. The number of rotatable bonds is 3. The van der Waals surface area contributed by atoms with E-state index < -0.39 is 21.7 Å². The minimum atomic E-state index is -4.03. The van der Waals surface area contributed by atoms with Gasteiger partial charge in [-0.3, -0.25) is 4.79 Å². The molecule has 8 heteroatoms. The Morgan fingerprint density at radius 2 is 1.72 bits per heavy atom. The van der Waals surface area contributed by atoms with Crippen LogP contribution in [0.4, 0.5) is 5.69 Å². The Kier molecular flexibility index (Phi) is 4.64. The first-order valence-electron chi connectivity index (χ1n) is 8.57. The van der Waals surface area contributed by atoms with E-state index in [-0.39, 0.29) is 33.2 Å². The largest absolute Gasteiger partial charge is 0.478 e. The summed E-state index contributed by atoms with van der Waals surface area (Å²) in [6, 6.07) is 16.4. The first-order chi connectivity index (χ1) is 13.8. The molecule has 6 nitrogen and oxygen atoms in total. The minimum absolute atomic E-state index is 0.0195. The Bertz CT molecular complexity index is 1270. The van der Waals surface area contributed by atoms with Crippen LogP contribution in [0.15, 0.2) is 76.5 Å². The van der Waals surface area contributed by atoms with E-state index in [1.807, 2.05) is 0 Å². The van der Waals surface area contributed by atoms with Crippen LogP contribution in [-0.4, -0.2) is 25.4 Å². The molecule has 0 saturated heterocycles. The fourth-order valence-corrected chi connectivity index (χ4v) is 5.16. The highest BCUT2D eigenvalue weighted by atomic mass is 35.5. The number of sulfone groups is 1. The third-order valence-electron chi connectivity index (χ3n) is 4.67. The number of carbonyl (C=O) groups is 2. The molecule has 29 heavy (non-hydrogen) atoms. The second-order valence-corrected chi connectivity index (χ2v) is 8.83. The van der Waals surface area contributed by atoms with E-state index in [0.717, 1.165) is 0 Å². The van der Waals surface area contributed by atoms with Crippen molar-refractivity contribution in [2.75, 3.05) is 4.90 Å². The van der Waals surface area contributed by atoms with Crippen molar-refractivity contribution in [2.24, 2.45) is 0 Å². The predicted octanol–water partition coefficient (Wildman–Crippen LogP) is 4.03. The number of fused-ring (bicyclic) bond motifs is 2. The highest BCUT2D eigenvalue weighted by molar-refractivity contribution is 7.91. The summed E-state index contributed by atoms with van der Waals surface area (Å²) in [4.78, 5) is 25.9. The topological polar surface area (TPSA) is 91.8 Å². The summed E-state index contributed by atoms with van der Waals surface area (Å²) in [6.07, 6.45) is 0. The van der Waals surface area contributed by atoms with Crippen LogP contribution in [0.2, 0.25) is 5.02 Å². The van der Waals surface area contributed by atoms with Crippen LogP contribution in [0.5, 0.6) is 0 Å². The third kappa shape index (κ3) is 3.28. The van der Waals surface area contributed by atoms with Crippen molar-refractivity contribution in [1.82, 2.24) is 0 Å². The number of benzene rings is 3. The molecule has 1 aliphatic heterocycles. The van der Waals surface area contributed by atoms with E-state index >= 15 is 0 Å². The highest BCUT2D eigenvalue weighted by Gasteiger charge is 2.36. The number of hydrogen-bond acceptors (Lipinski definition) is 4. The van der Waals surface area contributed by atoms with Crippen molar-refractivity contribution in [3.8, 4) is 0 Å². The van der Waals surface area contributed by atoms with E-state index in [1.54, 1.807) is 36.4 Å². The van der Waals surface area contributed by atoms with Gasteiger partial charge in [-0.25, -0.2) is 13.2 Å². The number of carboxylic acids is 1. The average molecular weight is 428 g/mol. The molecular weight excluding hydrogens is 414 g/mol. The zero-order valence-corrected chi connectivity index (χ0v) is 16.4. The maximum absolute atomic E-state index is 13.3. The van der Waals surface area contributed by atoms with Gasteiger partial charge in [0.25, 0.3) is 5.91 Å². The number of halogens is 1. The molecule has 3 aromatic rings. The molecule has 0 saturated carbocycles. The average Bonchev–Trinajstić information content (AvgIpc) is 2.76. The smallest absolute Gasteiger partial charge is 0.335 e. The van der Waals surface area contributed by atoms with Crippen LogP contribution >= 0.6 is 11.6 Å².